The van der Waals surface area contributed by atoms with Gasteiger partial charge in [-0.3, -0.25) is 9.69 Å². The van der Waals surface area contributed by atoms with Crippen LogP contribution in [0.2, 0.25) is 0 Å². The zero-order valence-corrected chi connectivity index (χ0v) is 14.3. The molecular formula is C17H25NO2S. The summed E-state index contributed by atoms with van der Waals surface area (Å²) in [6.45, 7) is 9.27. The molecule has 0 amide bonds. The molecule has 0 bridgehead atoms. The molecule has 1 aliphatic rings. The van der Waals surface area contributed by atoms with Gasteiger partial charge in [0, 0.05) is 34.7 Å². The lowest BCUT2D eigenvalue weighted by Gasteiger charge is -2.23. The second-order valence-corrected chi connectivity index (χ2v) is 8.02. The van der Waals surface area contributed by atoms with Crippen molar-refractivity contribution in [2.45, 2.75) is 38.5 Å². The molecule has 116 valence electrons. The lowest BCUT2D eigenvalue weighted by atomic mass is 10.1. The third kappa shape index (κ3) is 4.48. The highest BCUT2D eigenvalue weighted by Gasteiger charge is 2.24. The van der Waals surface area contributed by atoms with Crippen LogP contribution >= 0.6 is 11.8 Å². The quantitative estimate of drug-likeness (QED) is 0.795. The SMILES string of the molecule is COc1ccc(C(C)=O)cc1CN1CCSC(C)(C)CC1. The summed E-state index contributed by atoms with van der Waals surface area (Å²) in [5, 5.41) is 0. The van der Waals surface area contributed by atoms with Gasteiger partial charge in [0.1, 0.15) is 5.75 Å². The van der Waals surface area contributed by atoms with Crippen LogP contribution in [-0.4, -0.2) is 41.4 Å². The number of rotatable bonds is 4. The van der Waals surface area contributed by atoms with E-state index in [2.05, 4.69) is 18.7 Å². The first-order valence-electron chi connectivity index (χ1n) is 7.45. The molecule has 0 atom stereocenters. The van der Waals surface area contributed by atoms with Gasteiger partial charge in [0.2, 0.25) is 0 Å². The van der Waals surface area contributed by atoms with E-state index in [0.29, 0.717) is 4.75 Å². The molecule has 1 saturated heterocycles. The number of ketones is 1. The van der Waals surface area contributed by atoms with E-state index in [1.807, 2.05) is 30.0 Å². The van der Waals surface area contributed by atoms with Crippen LogP contribution in [0.15, 0.2) is 18.2 Å². The maximum atomic E-state index is 11.6. The van der Waals surface area contributed by atoms with Gasteiger partial charge in [-0.2, -0.15) is 11.8 Å². The summed E-state index contributed by atoms with van der Waals surface area (Å²) in [5.74, 6) is 2.13. The minimum Gasteiger partial charge on any atom is -0.496 e. The number of benzene rings is 1. The lowest BCUT2D eigenvalue weighted by Crippen LogP contribution is -2.27. The zero-order chi connectivity index (χ0) is 15.5. The molecule has 1 aromatic carbocycles. The summed E-state index contributed by atoms with van der Waals surface area (Å²) < 4.78 is 5.81. The van der Waals surface area contributed by atoms with E-state index in [4.69, 9.17) is 4.74 Å². The fourth-order valence-corrected chi connectivity index (χ4v) is 3.72. The Bertz CT molecular complexity index is 514. The van der Waals surface area contributed by atoms with Crippen LogP contribution in [0.4, 0.5) is 0 Å². The third-order valence-electron chi connectivity index (χ3n) is 4.01. The summed E-state index contributed by atoms with van der Waals surface area (Å²) in [6, 6.07) is 5.72. The smallest absolute Gasteiger partial charge is 0.159 e. The first kappa shape index (κ1) is 16.4. The summed E-state index contributed by atoms with van der Waals surface area (Å²) >= 11 is 2.05. The molecule has 0 saturated carbocycles. The fraction of sp³-hybridized carbons (Fsp3) is 0.588. The van der Waals surface area contributed by atoms with Crippen LogP contribution in [0, 0.1) is 0 Å². The van der Waals surface area contributed by atoms with Crippen LogP contribution in [0.25, 0.3) is 0 Å². The van der Waals surface area contributed by atoms with Gasteiger partial charge in [-0.25, -0.2) is 0 Å². The highest BCUT2D eigenvalue weighted by molar-refractivity contribution is 8.00. The topological polar surface area (TPSA) is 29.5 Å². The molecule has 3 nitrogen and oxygen atoms in total. The largest absolute Gasteiger partial charge is 0.496 e. The average molecular weight is 307 g/mol. The van der Waals surface area contributed by atoms with Gasteiger partial charge < -0.3 is 4.74 Å². The lowest BCUT2D eigenvalue weighted by molar-refractivity contribution is 0.101. The van der Waals surface area contributed by atoms with E-state index in [0.717, 1.165) is 42.3 Å². The molecule has 1 heterocycles. The predicted molar refractivity (Wildman–Crippen MR) is 89.4 cm³/mol. The fourth-order valence-electron chi connectivity index (χ4n) is 2.58. The normalized spacial score (nSPS) is 19.0. The van der Waals surface area contributed by atoms with Gasteiger partial charge >= 0.3 is 0 Å². The van der Waals surface area contributed by atoms with Gasteiger partial charge in [0.15, 0.2) is 5.78 Å². The average Bonchev–Trinajstić information content (AvgIpc) is 2.60. The van der Waals surface area contributed by atoms with E-state index in [1.165, 1.54) is 6.42 Å². The molecule has 0 aromatic heterocycles. The molecule has 1 fully saturated rings. The molecule has 0 N–H and O–H groups in total. The van der Waals surface area contributed by atoms with Gasteiger partial charge in [0.25, 0.3) is 0 Å². The van der Waals surface area contributed by atoms with Crippen molar-refractivity contribution >= 4 is 17.5 Å². The van der Waals surface area contributed by atoms with Crippen molar-refractivity contribution < 1.29 is 9.53 Å². The number of hydrogen-bond donors (Lipinski definition) is 0. The van der Waals surface area contributed by atoms with Crippen molar-refractivity contribution in [3.63, 3.8) is 0 Å². The van der Waals surface area contributed by atoms with Crippen molar-refractivity contribution in [2.75, 3.05) is 26.0 Å². The van der Waals surface area contributed by atoms with Gasteiger partial charge in [0.05, 0.1) is 7.11 Å². The number of ether oxygens (including phenoxy) is 1. The Balaban J connectivity index is 2.14. The minimum atomic E-state index is 0.103. The standard InChI is InChI=1S/C17H25NO2S/c1-13(19)14-5-6-16(20-4)15(11-14)12-18-8-7-17(2,3)21-10-9-18/h5-6,11H,7-10,12H2,1-4H3. The molecule has 0 spiro atoms. The Hall–Kier alpha value is -1.00. The third-order valence-corrected chi connectivity index (χ3v) is 5.38. The molecule has 0 aliphatic carbocycles. The van der Waals surface area contributed by atoms with Crippen LogP contribution in [0.3, 0.4) is 0 Å². The number of methoxy groups -OCH3 is 1. The van der Waals surface area contributed by atoms with E-state index in [9.17, 15) is 4.79 Å². The second kappa shape index (κ2) is 6.84. The number of carbonyl (C=O) groups excluding carboxylic acids is 1. The maximum Gasteiger partial charge on any atom is 0.159 e. The molecule has 0 radical (unpaired) electrons. The van der Waals surface area contributed by atoms with Gasteiger partial charge in [-0.1, -0.05) is 13.8 Å². The van der Waals surface area contributed by atoms with Gasteiger partial charge in [-0.15, -0.1) is 0 Å². The van der Waals surface area contributed by atoms with E-state index in [1.54, 1.807) is 14.0 Å². The molecule has 1 aliphatic heterocycles. The minimum absolute atomic E-state index is 0.103. The molecule has 1 aromatic rings. The molecule has 0 unspecified atom stereocenters. The van der Waals surface area contributed by atoms with Crippen LogP contribution < -0.4 is 4.74 Å². The van der Waals surface area contributed by atoms with Crippen molar-refractivity contribution in [2.24, 2.45) is 0 Å². The van der Waals surface area contributed by atoms with Crippen molar-refractivity contribution in [1.82, 2.24) is 4.90 Å². The summed E-state index contributed by atoms with van der Waals surface area (Å²) in [4.78, 5) is 14.0. The predicted octanol–water partition coefficient (Wildman–Crippen LogP) is 3.62. The second-order valence-electron chi connectivity index (χ2n) is 6.22. The number of nitrogens with zero attached hydrogens (tertiary/aromatic N) is 1. The van der Waals surface area contributed by atoms with E-state index >= 15 is 0 Å². The molecular weight excluding hydrogens is 282 g/mol. The van der Waals surface area contributed by atoms with Gasteiger partial charge in [-0.05, 0) is 38.1 Å². The Morgan fingerprint density at radius 2 is 2.14 bits per heavy atom. The first-order valence-corrected chi connectivity index (χ1v) is 8.44. The number of Topliss-reactive ketones (excluding diaryl/α,β-unsaturated/α-hetero) is 1. The monoisotopic (exact) mass is 307 g/mol. The zero-order valence-electron chi connectivity index (χ0n) is 13.4. The molecule has 2 rings (SSSR count). The number of thioether (sulfide) groups is 1. The number of hydrogen-bond acceptors (Lipinski definition) is 4. The highest BCUT2D eigenvalue weighted by atomic mass is 32.2. The number of carbonyl (C=O) groups is 1. The first-order chi connectivity index (χ1) is 9.91. The highest BCUT2D eigenvalue weighted by Crippen LogP contribution is 2.31. The Labute approximate surface area is 132 Å². The maximum absolute atomic E-state index is 11.6. The van der Waals surface area contributed by atoms with Crippen LogP contribution in [-0.2, 0) is 6.54 Å². The Morgan fingerprint density at radius 3 is 2.81 bits per heavy atom. The summed E-state index contributed by atoms with van der Waals surface area (Å²) in [5.41, 5.74) is 1.87. The van der Waals surface area contributed by atoms with Crippen molar-refractivity contribution in [3.8, 4) is 5.75 Å². The molecule has 4 heteroatoms. The van der Waals surface area contributed by atoms with E-state index < -0.39 is 0 Å². The van der Waals surface area contributed by atoms with Crippen molar-refractivity contribution in [3.05, 3.63) is 29.3 Å². The van der Waals surface area contributed by atoms with Crippen LogP contribution in [0.5, 0.6) is 5.75 Å². The Morgan fingerprint density at radius 1 is 1.38 bits per heavy atom. The van der Waals surface area contributed by atoms with Crippen molar-refractivity contribution in [1.29, 1.82) is 0 Å². The van der Waals surface area contributed by atoms with E-state index in [-0.39, 0.29) is 5.78 Å². The van der Waals surface area contributed by atoms with Crippen LogP contribution in [0.1, 0.15) is 43.1 Å². The molecule has 21 heavy (non-hydrogen) atoms. The Kier molecular flexibility index (Phi) is 5.33. The summed E-state index contributed by atoms with van der Waals surface area (Å²) in [7, 11) is 1.69. The summed E-state index contributed by atoms with van der Waals surface area (Å²) in [6.07, 6.45) is 1.19.